The number of nitriles is 1. The van der Waals surface area contributed by atoms with E-state index in [1.165, 1.54) is 32.4 Å². The number of rotatable bonds is 6. The molecule has 0 aromatic heterocycles. The zero-order chi connectivity index (χ0) is 16.9. The predicted molar refractivity (Wildman–Crippen MR) is 95.7 cm³/mol. The van der Waals surface area contributed by atoms with Crippen molar-refractivity contribution in [1.82, 2.24) is 4.90 Å². The summed E-state index contributed by atoms with van der Waals surface area (Å²) in [5, 5.41) is 8.88. The maximum atomic E-state index is 11.9. The number of carbonyl (C=O) groups is 1. The largest absolute Gasteiger partial charge is 0.313 e. The van der Waals surface area contributed by atoms with Crippen LogP contribution >= 0.6 is 0 Å². The van der Waals surface area contributed by atoms with Crippen LogP contribution in [0.4, 0.5) is 5.69 Å². The summed E-state index contributed by atoms with van der Waals surface area (Å²) < 4.78 is 0. The number of hydrogen-bond donors (Lipinski definition) is 0. The van der Waals surface area contributed by atoms with Gasteiger partial charge in [0.05, 0.1) is 11.6 Å². The molecular formula is C20H27N3O. The molecule has 0 N–H and O–H groups in total. The molecule has 0 spiro atoms. The summed E-state index contributed by atoms with van der Waals surface area (Å²) in [5.74, 6) is 1.98. The fraction of sp³-hybridized carbons (Fsp3) is 0.600. The Morgan fingerprint density at radius 1 is 1.21 bits per heavy atom. The Balaban J connectivity index is 1.44. The van der Waals surface area contributed by atoms with E-state index in [0.717, 1.165) is 43.5 Å². The van der Waals surface area contributed by atoms with Crippen molar-refractivity contribution in [2.24, 2.45) is 11.8 Å². The molecule has 2 aliphatic rings. The summed E-state index contributed by atoms with van der Waals surface area (Å²) in [6, 6.07) is 9.38. The number of likely N-dealkylation sites (tertiary alicyclic amines) is 1. The molecule has 3 rings (SSSR count). The van der Waals surface area contributed by atoms with Gasteiger partial charge >= 0.3 is 0 Å². The monoisotopic (exact) mass is 325 g/mol. The second-order valence-electron chi connectivity index (χ2n) is 7.25. The highest BCUT2D eigenvalue weighted by Crippen LogP contribution is 2.37. The van der Waals surface area contributed by atoms with Gasteiger partial charge in [-0.2, -0.15) is 5.26 Å². The van der Waals surface area contributed by atoms with Crippen molar-refractivity contribution in [3.05, 3.63) is 29.8 Å². The van der Waals surface area contributed by atoms with Crippen LogP contribution in [0, 0.1) is 23.2 Å². The van der Waals surface area contributed by atoms with Crippen LogP contribution in [0.25, 0.3) is 0 Å². The number of fused-ring (bicyclic) bond motifs is 1. The lowest BCUT2D eigenvalue weighted by Gasteiger charge is -2.22. The first-order valence-electron chi connectivity index (χ1n) is 9.18. The van der Waals surface area contributed by atoms with E-state index in [-0.39, 0.29) is 5.91 Å². The van der Waals surface area contributed by atoms with E-state index in [9.17, 15) is 4.79 Å². The lowest BCUT2D eigenvalue weighted by Crippen LogP contribution is -2.30. The van der Waals surface area contributed by atoms with E-state index in [0.29, 0.717) is 5.56 Å². The Morgan fingerprint density at radius 2 is 1.88 bits per heavy atom. The maximum Gasteiger partial charge on any atom is 0.223 e. The van der Waals surface area contributed by atoms with Gasteiger partial charge < -0.3 is 9.80 Å². The van der Waals surface area contributed by atoms with Crippen LogP contribution in [0.3, 0.4) is 0 Å². The molecule has 1 heterocycles. The topological polar surface area (TPSA) is 47.3 Å². The molecule has 128 valence electrons. The number of amides is 1. The van der Waals surface area contributed by atoms with Gasteiger partial charge in [0.2, 0.25) is 5.91 Å². The van der Waals surface area contributed by atoms with Gasteiger partial charge in [0.1, 0.15) is 0 Å². The standard InChI is InChI=1S/C20H27N3O/c1-16(24)23(20-9-7-17(13-21)8-10-20)12-3-2-11-22-14-18-5-4-6-19(18)15-22/h7-10,18-19H,2-6,11-12,14-15H2,1H3. The lowest BCUT2D eigenvalue weighted by atomic mass is 10.0. The number of unbranched alkanes of at least 4 members (excludes halogenated alkanes) is 1. The first-order chi connectivity index (χ1) is 11.7. The van der Waals surface area contributed by atoms with Gasteiger partial charge in [0, 0.05) is 32.2 Å². The van der Waals surface area contributed by atoms with Crippen molar-refractivity contribution in [3.8, 4) is 6.07 Å². The molecule has 1 amide bonds. The Labute approximate surface area is 145 Å². The molecule has 1 aliphatic carbocycles. The minimum absolute atomic E-state index is 0.0652. The first-order valence-corrected chi connectivity index (χ1v) is 9.18. The van der Waals surface area contributed by atoms with E-state index in [2.05, 4.69) is 11.0 Å². The zero-order valence-corrected chi connectivity index (χ0v) is 14.6. The molecule has 4 nitrogen and oxygen atoms in total. The van der Waals surface area contributed by atoms with E-state index < -0.39 is 0 Å². The molecule has 4 heteroatoms. The molecule has 2 unspecified atom stereocenters. The van der Waals surface area contributed by atoms with Gasteiger partial charge in [0.15, 0.2) is 0 Å². The van der Waals surface area contributed by atoms with Crippen LogP contribution in [0.1, 0.15) is 44.6 Å². The van der Waals surface area contributed by atoms with E-state index in [4.69, 9.17) is 5.26 Å². The van der Waals surface area contributed by atoms with Gasteiger partial charge in [-0.1, -0.05) is 6.42 Å². The fourth-order valence-corrected chi connectivity index (χ4v) is 4.30. The smallest absolute Gasteiger partial charge is 0.223 e. The van der Waals surface area contributed by atoms with Crippen LogP contribution in [0.15, 0.2) is 24.3 Å². The minimum atomic E-state index is 0.0652. The molecule has 24 heavy (non-hydrogen) atoms. The number of nitrogens with zero attached hydrogens (tertiary/aromatic N) is 3. The van der Waals surface area contributed by atoms with Crippen LogP contribution < -0.4 is 4.90 Å². The number of benzene rings is 1. The van der Waals surface area contributed by atoms with Gasteiger partial charge in [-0.3, -0.25) is 4.79 Å². The van der Waals surface area contributed by atoms with E-state index in [1.807, 2.05) is 17.0 Å². The van der Waals surface area contributed by atoms with Crippen molar-refractivity contribution in [1.29, 1.82) is 5.26 Å². The minimum Gasteiger partial charge on any atom is -0.313 e. The molecule has 2 fully saturated rings. The van der Waals surface area contributed by atoms with Gasteiger partial charge in [-0.05, 0) is 68.3 Å². The molecule has 1 aromatic carbocycles. The Bertz CT molecular complexity index is 592. The average molecular weight is 325 g/mol. The van der Waals surface area contributed by atoms with Crippen LogP contribution in [-0.2, 0) is 4.79 Å². The molecule has 1 saturated heterocycles. The van der Waals surface area contributed by atoms with Crippen molar-refractivity contribution in [2.45, 2.75) is 39.0 Å². The van der Waals surface area contributed by atoms with E-state index in [1.54, 1.807) is 19.1 Å². The third kappa shape index (κ3) is 3.96. The second-order valence-corrected chi connectivity index (χ2v) is 7.25. The molecule has 1 aromatic rings. The number of carbonyl (C=O) groups excluding carboxylic acids is 1. The highest BCUT2D eigenvalue weighted by Gasteiger charge is 2.35. The van der Waals surface area contributed by atoms with Gasteiger partial charge in [-0.15, -0.1) is 0 Å². The second kappa shape index (κ2) is 7.81. The summed E-state index contributed by atoms with van der Waals surface area (Å²) in [6.07, 6.45) is 6.45. The van der Waals surface area contributed by atoms with Crippen molar-refractivity contribution < 1.29 is 4.79 Å². The maximum absolute atomic E-state index is 11.9. The van der Waals surface area contributed by atoms with Crippen molar-refractivity contribution >= 4 is 11.6 Å². The van der Waals surface area contributed by atoms with Crippen LogP contribution in [0.2, 0.25) is 0 Å². The SMILES string of the molecule is CC(=O)N(CCCCN1CC2CCCC2C1)c1ccc(C#N)cc1. The summed E-state index contributed by atoms with van der Waals surface area (Å²) >= 11 is 0. The zero-order valence-electron chi connectivity index (χ0n) is 14.6. The summed E-state index contributed by atoms with van der Waals surface area (Å²) in [6.45, 7) is 6.10. The Kier molecular flexibility index (Phi) is 5.52. The Hall–Kier alpha value is -1.86. The average Bonchev–Trinajstić information content (AvgIpc) is 3.16. The number of anilines is 1. The molecule has 1 saturated carbocycles. The molecule has 1 aliphatic heterocycles. The molecule has 2 atom stereocenters. The third-order valence-electron chi connectivity index (χ3n) is 5.60. The lowest BCUT2D eigenvalue weighted by molar-refractivity contribution is -0.116. The number of hydrogen-bond acceptors (Lipinski definition) is 3. The summed E-state index contributed by atoms with van der Waals surface area (Å²) in [4.78, 5) is 16.4. The summed E-state index contributed by atoms with van der Waals surface area (Å²) in [5.41, 5.74) is 1.51. The van der Waals surface area contributed by atoms with Gasteiger partial charge in [-0.25, -0.2) is 0 Å². The molecule has 0 radical (unpaired) electrons. The fourth-order valence-electron chi connectivity index (χ4n) is 4.30. The predicted octanol–water partition coefficient (Wildman–Crippen LogP) is 3.42. The van der Waals surface area contributed by atoms with Gasteiger partial charge in [0.25, 0.3) is 0 Å². The Morgan fingerprint density at radius 3 is 2.46 bits per heavy atom. The summed E-state index contributed by atoms with van der Waals surface area (Å²) in [7, 11) is 0. The highest BCUT2D eigenvalue weighted by molar-refractivity contribution is 5.91. The normalized spacial score (nSPS) is 23.0. The van der Waals surface area contributed by atoms with Crippen LogP contribution in [-0.4, -0.2) is 37.0 Å². The first kappa shape index (κ1) is 17.0. The quantitative estimate of drug-likeness (QED) is 0.753. The third-order valence-corrected chi connectivity index (χ3v) is 5.60. The van der Waals surface area contributed by atoms with E-state index >= 15 is 0 Å². The van der Waals surface area contributed by atoms with Crippen molar-refractivity contribution in [2.75, 3.05) is 31.1 Å². The highest BCUT2D eigenvalue weighted by atomic mass is 16.2. The molecular weight excluding hydrogens is 298 g/mol. The van der Waals surface area contributed by atoms with Crippen molar-refractivity contribution in [3.63, 3.8) is 0 Å². The van der Waals surface area contributed by atoms with Crippen LogP contribution in [0.5, 0.6) is 0 Å². The molecule has 0 bridgehead atoms.